The standard InChI is InChI=1S/C22H22ClFN2O3/c1-14-17-12-15(24)6-7-20(17)29-21(14)22(27)25-13-19(26-8-10-28-11-9-26)16-4-2-3-5-18(16)23/h2-7,12,19H,8-11,13H2,1H3,(H,25,27)/t19-/m0/s1. The Morgan fingerprint density at radius 2 is 2.00 bits per heavy atom. The van der Waals surface area contributed by atoms with E-state index in [-0.39, 0.29) is 23.5 Å². The van der Waals surface area contributed by atoms with Crippen molar-refractivity contribution >= 4 is 28.5 Å². The fraction of sp³-hybridized carbons (Fsp3) is 0.318. The van der Waals surface area contributed by atoms with E-state index in [1.54, 1.807) is 6.92 Å². The van der Waals surface area contributed by atoms with Crippen LogP contribution in [0.4, 0.5) is 4.39 Å². The predicted octanol–water partition coefficient (Wildman–Crippen LogP) is 4.34. The highest BCUT2D eigenvalue weighted by molar-refractivity contribution is 6.31. The predicted molar refractivity (Wildman–Crippen MR) is 110 cm³/mol. The largest absolute Gasteiger partial charge is 0.451 e. The molecule has 1 saturated heterocycles. The van der Waals surface area contributed by atoms with E-state index >= 15 is 0 Å². The lowest BCUT2D eigenvalue weighted by molar-refractivity contribution is 0.0162. The first-order valence-electron chi connectivity index (χ1n) is 9.57. The molecule has 29 heavy (non-hydrogen) atoms. The van der Waals surface area contributed by atoms with Gasteiger partial charge < -0.3 is 14.5 Å². The number of carbonyl (C=O) groups excluding carboxylic acids is 1. The Bertz CT molecular complexity index is 1030. The van der Waals surface area contributed by atoms with Crippen LogP contribution in [0.1, 0.15) is 27.7 Å². The molecule has 1 N–H and O–H groups in total. The Labute approximate surface area is 173 Å². The van der Waals surface area contributed by atoms with Crippen molar-refractivity contribution in [2.45, 2.75) is 13.0 Å². The van der Waals surface area contributed by atoms with Gasteiger partial charge in [0.05, 0.1) is 19.3 Å². The topological polar surface area (TPSA) is 54.7 Å². The number of hydrogen-bond acceptors (Lipinski definition) is 4. The van der Waals surface area contributed by atoms with Crippen LogP contribution in [0, 0.1) is 12.7 Å². The van der Waals surface area contributed by atoms with Crippen LogP contribution in [0.25, 0.3) is 11.0 Å². The lowest BCUT2D eigenvalue weighted by Crippen LogP contribution is -2.44. The van der Waals surface area contributed by atoms with Crippen LogP contribution in [0.5, 0.6) is 0 Å². The maximum Gasteiger partial charge on any atom is 0.287 e. The van der Waals surface area contributed by atoms with Crippen molar-refractivity contribution in [3.63, 3.8) is 0 Å². The minimum absolute atomic E-state index is 0.0846. The molecule has 1 aromatic heterocycles. The third kappa shape index (κ3) is 4.15. The molecule has 5 nitrogen and oxygen atoms in total. The minimum atomic E-state index is -0.362. The van der Waals surface area contributed by atoms with Crippen molar-refractivity contribution in [2.24, 2.45) is 0 Å². The third-order valence-electron chi connectivity index (χ3n) is 5.31. The molecular formula is C22H22ClFN2O3. The van der Waals surface area contributed by atoms with Gasteiger partial charge >= 0.3 is 0 Å². The fourth-order valence-corrected chi connectivity index (χ4v) is 4.01. The summed E-state index contributed by atoms with van der Waals surface area (Å²) in [7, 11) is 0. The number of nitrogens with zero attached hydrogens (tertiary/aromatic N) is 1. The summed E-state index contributed by atoms with van der Waals surface area (Å²) in [6.07, 6.45) is 0. The molecule has 3 aromatic rings. The number of hydrogen-bond donors (Lipinski definition) is 1. The average Bonchev–Trinajstić information content (AvgIpc) is 3.06. The molecular weight excluding hydrogens is 395 g/mol. The molecule has 0 radical (unpaired) electrons. The Balaban J connectivity index is 1.56. The molecule has 2 aromatic carbocycles. The zero-order valence-electron chi connectivity index (χ0n) is 16.1. The molecule has 0 spiro atoms. The molecule has 7 heteroatoms. The van der Waals surface area contributed by atoms with Gasteiger partial charge in [0.2, 0.25) is 0 Å². The van der Waals surface area contributed by atoms with Gasteiger partial charge in [0, 0.05) is 35.6 Å². The van der Waals surface area contributed by atoms with Gasteiger partial charge in [0.1, 0.15) is 11.4 Å². The van der Waals surface area contributed by atoms with Gasteiger partial charge in [-0.15, -0.1) is 0 Å². The van der Waals surface area contributed by atoms with Crippen molar-refractivity contribution in [2.75, 3.05) is 32.8 Å². The number of morpholine rings is 1. The minimum Gasteiger partial charge on any atom is -0.451 e. The van der Waals surface area contributed by atoms with Gasteiger partial charge in [0.25, 0.3) is 5.91 Å². The fourth-order valence-electron chi connectivity index (χ4n) is 3.75. The zero-order chi connectivity index (χ0) is 20.4. The molecule has 2 heterocycles. The zero-order valence-corrected chi connectivity index (χ0v) is 16.8. The molecule has 1 aliphatic rings. The van der Waals surface area contributed by atoms with Crippen LogP contribution in [0.2, 0.25) is 5.02 Å². The maximum atomic E-state index is 13.5. The summed E-state index contributed by atoms with van der Waals surface area (Å²) >= 11 is 6.44. The number of amides is 1. The maximum absolute atomic E-state index is 13.5. The van der Waals surface area contributed by atoms with E-state index in [4.69, 9.17) is 20.8 Å². The summed E-state index contributed by atoms with van der Waals surface area (Å²) in [5, 5.41) is 4.23. The first kappa shape index (κ1) is 19.9. The molecule has 1 amide bonds. The number of fused-ring (bicyclic) bond motifs is 1. The molecule has 0 unspecified atom stereocenters. The van der Waals surface area contributed by atoms with Gasteiger partial charge in [-0.3, -0.25) is 9.69 Å². The summed E-state index contributed by atoms with van der Waals surface area (Å²) in [4.78, 5) is 15.1. The first-order chi connectivity index (χ1) is 14.0. The van der Waals surface area contributed by atoms with E-state index in [1.807, 2.05) is 24.3 Å². The average molecular weight is 417 g/mol. The Kier molecular flexibility index (Phi) is 5.85. The van der Waals surface area contributed by atoms with Crippen molar-refractivity contribution in [1.82, 2.24) is 10.2 Å². The summed E-state index contributed by atoms with van der Waals surface area (Å²) in [6, 6.07) is 11.8. The third-order valence-corrected chi connectivity index (χ3v) is 5.66. The Hall–Kier alpha value is -2.41. The molecule has 1 fully saturated rings. The number of ether oxygens (including phenoxy) is 1. The number of furan rings is 1. The molecule has 1 atom stereocenters. The quantitative estimate of drug-likeness (QED) is 0.672. The van der Waals surface area contributed by atoms with Crippen molar-refractivity contribution in [1.29, 1.82) is 0 Å². The number of carbonyl (C=O) groups is 1. The molecule has 1 aliphatic heterocycles. The summed E-state index contributed by atoms with van der Waals surface area (Å²) in [5.74, 6) is -0.491. The number of rotatable bonds is 5. The van der Waals surface area contributed by atoms with Crippen molar-refractivity contribution in [3.05, 3.63) is 70.2 Å². The van der Waals surface area contributed by atoms with Gasteiger partial charge in [0.15, 0.2) is 5.76 Å². The van der Waals surface area contributed by atoms with E-state index in [0.29, 0.717) is 41.3 Å². The molecule has 0 bridgehead atoms. The number of nitrogens with one attached hydrogen (secondary N) is 1. The van der Waals surface area contributed by atoms with Crippen LogP contribution in [0.3, 0.4) is 0 Å². The second-order valence-corrected chi connectivity index (χ2v) is 7.50. The van der Waals surface area contributed by atoms with Gasteiger partial charge in [-0.05, 0) is 36.8 Å². The lowest BCUT2D eigenvalue weighted by Gasteiger charge is -2.35. The number of halogens is 2. The molecule has 0 aliphatic carbocycles. The van der Waals surface area contributed by atoms with E-state index in [0.717, 1.165) is 18.7 Å². The molecule has 4 rings (SSSR count). The number of aryl methyl sites for hydroxylation is 1. The summed E-state index contributed by atoms with van der Waals surface area (Å²) in [5.41, 5.74) is 2.07. The van der Waals surface area contributed by atoms with E-state index in [1.165, 1.54) is 18.2 Å². The van der Waals surface area contributed by atoms with Gasteiger partial charge in [-0.25, -0.2) is 4.39 Å². The van der Waals surface area contributed by atoms with E-state index in [2.05, 4.69) is 10.2 Å². The van der Waals surface area contributed by atoms with Crippen LogP contribution in [0.15, 0.2) is 46.9 Å². The Morgan fingerprint density at radius 1 is 1.24 bits per heavy atom. The van der Waals surface area contributed by atoms with Crippen LogP contribution in [-0.2, 0) is 4.74 Å². The van der Waals surface area contributed by atoms with Crippen LogP contribution < -0.4 is 5.32 Å². The first-order valence-corrected chi connectivity index (χ1v) is 9.95. The monoisotopic (exact) mass is 416 g/mol. The van der Waals surface area contributed by atoms with Gasteiger partial charge in [-0.1, -0.05) is 29.8 Å². The highest BCUT2D eigenvalue weighted by atomic mass is 35.5. The number of benzene rings is 2. The summed E-state index contributed by atoms with van der Waals surface area (Å²) in [6.45, 7) is 4.93. The highest BCUT2D eigenvalue weighted by Crippen LogP contribution is 2.29. The van der Waals surface area contributed by atoms with E-state index < -0.39 is 0 Å². The molecule has 0 saturated carbocycles. The Morgan fingerprint density at radius 3 is 2.76 bits per heavy atom. The second kappa shape index (κ2) is 8.53. The molecule has 152 valence electrons. The van der Waals surface area contributed by atoms with Gasteiger partial charge in [-0.2, -0.15) is 0 Å². The highest BCUT2D eigenvalue weighted by Gasteiger charge is 2.26. The van der Waals surface area contributed by atoms with Crippen LogP contribution in [-0.4, -0.2) is 43.7 Å². The SMILES string of the molecule is Cc1c(C(=O)NC[C@@H](c2ccccc2Cl)N2CCOCC2)oc2ccc(F)cc12. The second-order valence-electron chi connectivity index (χ2n) is 7.09. The van der Waals surface area contributed by atoms with Crippen LogP contribution >= 0.6 is 11.6 Å². The van der Waals surface area contributed by atoms with Crippen molar-refractivity contribution in [3.8, 4) is 0 Å². The van der Waals surface area contributed by atoms with E-state index in [9.17, 15) is 9.18 Å². The smallest absolute Gasteiger partial charge is 0.287 e. The lowest BCUT2D eigenvalue weighted by atomic mass is 10.0. The summed E-state index contributed by atoms with van der Waals surface area (Å²) < 4.78 is 24.7. The van der Waals surface area contributed by atoms with Crippen molar-refractivity contribution < 1.29 is 18.3 Å². The normalized spacial score (nSPS) is 16.1.